The van der Waals surface area contributed by atoms with Crippen LogP contribution in [0.1, 0.15) is 56.2 Å². The number of nitrogens with zero attached hydrogens (tertiary/aromatic N) is 1. The van der Waals surface area contributed by atoms with Crippen LogP contribution in [-0.4, -0.2) is 18.1 Å². The molecule has 0 bridgehead atoms. The first-order chi connectivity index (χ1) is 8.19. The molecule has 0 aromatic carbocycles. The van der Waals surface area contributed by atoms with Crippen molar-refractivity contribution in [1.82, 2.24) is 10.3 Å². The minimum Gasteiger partial charge on any atom is -0.317 e. The van der Waals surface area contributed by atoms with Crippen LogP contribution in [-0.2, 0) is 6.42 Å². The number of nitrogens with one attached hydrogen (secondary N) is 1. The predicted octanol–water partition coefficient (Wildman–Crippen LogP) is 3.59. The fourth-order valence-electron chi connectivity index (χ4n) is 2.59. The maximum absolute atomic E-state index is 4.75. The molecular weight excluding hydrogens is 228 g/mol. The summed E-state index contributed by atoms with van der Waals surface area (Å²) in [5, 5.41) is 6.98. The highest BCUT2D eigenvalue weighted by Crippen LogP contribution is 2.29. The Labute approximate surface area is 109 Å². The second kappa shape index (κ2) is 5.96. The molecule has 1 heterocycles. The van der Waals surface area contributed by atoms with Crippen LogP contribution in [0.4, 0.5) is 0 Å². The van der Waals surface area contributed by atoms with E-state index in [9.17, 15) is 0 Å². The van der Waals surface area contributed by atoms with E-state index in [1.54, 1.807) is 0 Å². The molecular formula is C14H24N2S. The zero-order chi connectivity index (χ0) is 12.3. The summed E-state index contributed by atoms with van der Waals surface area (Å²) < 4.78 is 0. The molecule has 2 nitrogen and oxygen atoms in total. The topological polar surface area (TPSA) is 24.9 Å². The molecule has 0 amide bonds. The van der Waals surface area contributed by atoms with Crippen LogP contribution in [0.15, 0.2) is 5.38 Å². The van der Waals surface area contributed by atoms with Gasteiger partial charge in [0.25, 0.3) is 0 Å². The summed E-state index contributed by atoms with van der Waals surface area (Å²) in [6.45, 7) is 4.44. The van der Waals surface area contributed by atoms with Crippen molar-refractivity contribution >= 4 is 11.3 Å². The van der Waals surface area contributed by atoms with Crippen molar-refractivity contribution in [1.29, 1.82) is 0 Å². The highest BCUT2D eigenvalue weighted by atomic mass is 32.1. The van der Waals surface area contributed by atoms with Crippen molar-refractivity contribution in [2.75, 3.05) is 7.05 Å². The zero-order valence-corrected chi connectivity index (χ0v) is 12.0. The zero-order valence-electron chi connectivity index (χ0n) is 11.2. The van der Waals surface area contributed by atoms with Gasteiger partial charge in [-0.15, -0.1) is 11.3 Å². The van der Waals surface area contributed by atoms with Gasteiger partial charge in [-0.2, -0.15) is 0 Å². The third-order valence-corrected chi connectivity index (χ3v) is 4.77. The minimum absolute atomic E-state index is 0.569. The third kappa shape index (κ3) is 3.52. The summed E-state index contributed by atoms with van der Waals surface area (Å²) in [6.07, 6.45) is 6.60. The molecule has 1 N–H and O–H groups in total. The quantitative estimate of drug-likeness (QED) is 0.886. The standard InChI is InChI=1S/C14H24N2S/c1-10(2)13-9-17-14(16-13)8-11-4-6-12(15-3)7-5-11/h9-12,15H,4-8H2,1-3H3. The maximum Gasteiger partial charge on any atom is 0.0931 e. The molecule has 0 saturated heterocycles. The number of aromatic nitrogens is 1. The highest BCUT2D eigenvalue weighted by Gasteiger charge is 2.21. The number of rotatable bonds is 4. The van der Waals surface area contributed by atoms with E-state index in [1.165, 1.54) is 42.8 Å². The van der Waals surface area contributed by atoms with Gasteiger partial charge >= 0.3 is 0 Å². The fourth-order valence-corrected chi connectivity index (χ4v) is 3.66. The van der Waals surface area contributed by atoms with Crippen LogP contribution in [0, 0.1) is 5.92 Å². The molecule has 17 heavy (non-hydrogen) atoms. The Morgan fingerprint density at radius 2 is 2.06 bits per heavy atom. The van der Waals surface area contributed by atoms with Gasteiger partial charge in [0, 0.05) is 17.8 Å². The normalized spacial score (nSPS) is 25.4. The lowest BCUT2D eigenvalue weighted by Gasteiger charge is -2.27. The van der Waals surface area contributed by atoms with Crippen molar-refractivity contribution in [2.45, 2.75) is 57.9 Å². The number of thiazole rings is 1. The largest absolute Gasteiger partial charge is 0.317 e. The molecule has 96 valence electrons. The Morgan fingerprint density at radius 1 is 1.35 bits per heavy atom. The van der Waals surface area contributed by atoms with E-state index in [4.69, 9.17) is 4.98 Å². The first kappa shape index (κ1) is 13.0. The van der Waals surface area contributed by atoms with E-state index < -0.39 is 0 Å². The Bertz CT molecular complexity index is 338. The lowest BCUT2D eigenvalue weighted by Crippen LogP contribution is -2.30. The summed E-state index contributed by atoms with van der Waals surface area (Å²) in [7, 11) is 2.08. The van der Waals surface area contributed by atoms with Crippen LogP contribution in [0.2, 0.25) is 0 Å². The molecule has 1 saturated carbocycles. The number of hydrogen-bond donors (Lipinski definition) is 1. The Kier molecular flexibility index (Phi) is 4.57. The first-order valence-corrected chi connectivity index (χ1v) is 7.68. The van der Waals surface area contributed by atoms with E-state index in [-0.39, 0.29) is 0 Å². The van der Waals surface area contributed by atoms with Crippen molar-refractivity contribution in [3.05, 3.63) is 16.1 Å². The van der Waals surface area contributed by atoms with Gasteiger partial charge in [0.05, 0.1) is 10.7 Å². The molecule has 1 aliphatic rings. The Hall–Kier alpha value is -0.410. The summed E-state index contributed by atoms with van der Waals surface area (Å²) >= 11 is 1.85. The second-order valence-electron chi connectivity index (χ2n) is 5.53. The van der Waals surface area contributed by atoms with Gasteiger partial charge in [0.2, 0.25) is 0 Å². The van der Waals surface area contributed by atoms with E-state index in [0.29, 0.717) is 5.92 Å². The fraction of sp³-hybridized carbons (Fsp3) is 0.786. The smallest absolute Gasteiger partial charge is 0.0931 e. The number of hydrogen-bond acceptors (Lipinski definition) is 3. The molecule has 1 fully saturated rings. The van der Waals surface area contributed by atoms with Gasteiger partial charge in [-0.05, 0) is 44.6 Å². The van der Waals surface area contributed by atoms with E-state index in [2.05, 4.69) is 31.6 Å². The molecule has 0 unspecified atom stereocenters. The molecule has 1 aliphatic carbocycles. The summed E-state index contributed by atoms with van der Waals surface area (Å²) in [4.78, 5) is 4.75. The molecule has 1 aromatic heterocycles. The average Bonchev–Trinajstić information content (AvgIpc) is 2.79. The summed E-state index contributed by atoms with van der Waals surface area (Å²) in [5.41, 5.74) is 1.27. The highest BCUT2D eigenvalue weighted by molar-refractivity contribution is 7.09. The molecule has 0 aliphatic heterocycles. The predicted molar refractivity (Wildman–Crippen MR) is 74.7 cm³/mol. The summed E-state index contributed by atoms with van der Waals surface area (Å²) in [5.74, 6) is 1.44. The van der Waals surface area contributed by atoms with E-state index in [0.717, 1.165) is 12.0 Å². The van der Waals surface area contributed by atoms with Gasteiger partial charge < -0.3 is 5.32 Å². The van der Waals surface area contributed by atoms with Crippen LogP contribution in [0.25, 0.3) is 0 Å². The van der Waals surface area contributed by atoms with Crippen molar-refractivity contribution in [3.63, 3.8) is 0 Å². The summed E-state index contributed by atoms with van der Waals surface area (Å²) in [6, 6.07) is 0.758. The molecule has 2 rings (SSSR count). The lowest BCUT2D eigenvalue weighted by molar-refractivity contribution is 0.300. The van der Waals surface area contributed by atoms with Gasteiger partial charge in [-0.3, -0.25) is 0 Å². The third-order valence-electron chi connectivity index (χ3n) is 3.88. The van der Waals surface area contributed by atoms with Crippen LogP contribution < -0.4 is 5.32 Å². The van der Waals surface area contributed by atoms with Crippen LogP contribution >= 0.6 is 11.3 Å². The Morgan fingerprint density at radius 3 is 2.59 bits per heavy atom. The van der Waals surface area contributed by atoms with Crippen molar-refractivity contribution < 1.29 is 0 Å². The lowest BCUT2D eigenvalue weighted by atomic mass is 9.84. The van der Waals surface area contributed by atoms with Crippen molar-refractivity contribution in [3.8, 4) is 0 Å². The van der Waals surface area contributed by atoms with Gasteiger partial charge in [0.15, 0.2) is 0 Å². The molecule has 0 spiro atoms. The minimum atomic E-state index is 0.569. The molecule has 0 radical (unpaired) electrons. The van der Waals surface area contributed by atoms with E-state index >= 15 is 0 Å². The molecule has 3 heteroatoms. The molecule has 1 aromatic rings. The second-order valence-corrected chi connectivity index (χ2v) is 6.47. The average molecular weight is 252 g/mol. The van der Waals surface area contributed by atoms with Gasteiger partial charge in [-0.25, -0.2) is 4.98 Å². The first-order valence-electron chi connectivity index (χ1n) is 6.80. The monoisotopic (exact) mass is 252 g/mol. The Balaban J connectivity index is 1.84. The maximum atomic E-state index is 4.75. The van der Waals surface area contributed by atoms with Crippen molar-refractivity contribution in [2.24, 2.45) is 5.92 Å². The van der Waals surface area contributed by atoms with E-state index in [1.807, 2.05) is 11.3 Å². The van der Waals surface area contributed by atoms with Gasteiger partial charge in [-0.1, -0.05) is 13.8 Å². The van der Waals surface area contributed by atoms with Crippen LogP contribution in [0.3, 0.4) is 0 Å². The van der Waals surface area contributed by atoms with Gasteiger partial charge in [0.1, 0.15) is 0 Å². The SMILES string of the molecule is CNC1CCC(Cc2nc(C(C)C)cs2)CC1. The molecule has 0 atom stereocenters. The van der Waals surface area contributed by atoms with Crippen LogP contribution in [0.5, 0.6) is 0 Å².